The van der Waals surface area contributed by atoms with Crippen molar-refractivity contribution in [2.45, 2.75) is 38.1 Å². The molecule has 2 heterocycles. The van der Waals surface area contributed by atoms with Crippen LogP contribution in [0.15, 0.2) is 36.5 Å². The quantitative estimate of drug-likeness (QED) is 0.753. The van der Waals surface area contributed by atoms with E-state index in [1.54, 1.807) is 11.1 Å². The van der Waals surface area contributed by atoms with Crippen LogP contribution in [0, 0.1) is 0 Å². The van der Waals surface area contributed by atoms with E-state index < -0.39 is 0 Å². The highest BCUT2D eigenvalue weighted by Gasteiger charge is 2.20. The Kier molecular flexibility index (Phi) is 8.06. The number of halogens is 1. The predicted octanol–water partition coefficient (Wildman–Crippen LogP) is 2.72. The number of aromatic nitrogens is 3. The van der Waals surface area contributed by atoms with E-state index in [-0.39, 0.29) is 18.3 Å². The molecule has 1 saturated heterocycles. The highest BCUT2D eigenvalue weighted by molar-refractivity contribution is 5.91. The Morgan fingerprint density at radius 3 is 2.69 bits per heavy atom. The molecular formula is C19H28ClN5O. The Morgan fingerprint density at radius 1 is 1.23 bits per heavy atom. The number of benzene rings is 1. The highest BCUT2D eigenvalue weighted by Crippen LogP contribution is 2.17. The van der Waals surface area contributed by atoms with Crippen molar-refractivity contribution in [3.8, 4) is 0 Å². The molecule has 0 saturated carbocycles. The number of nitrogens with one attached hydrogen (secondary N) is 1. The largest absolute Gasteiger partial charge is 0.340 e. The van der Waals surface area contributed by atoms with Crippen molar-refractivity contribution in [3.05, 3.63) is 47.8 Å². The Labute approximate surface area is 161 Å². The van der Waals surface area contributed by atoms with Crippen LogP contribution in [0.1, 0.15) is 47.8 Å². The first-order valence-corrected chi connectivity index (χ1v) is 9.16. The highest BCUT2D eigenvalue weighted by atomic mass is 35.5. The van der Waals surface area contributed by atoms with Crippen LogP contribution in [0.3, 0.4) is 0 Å². The fourth-order valence-corrected chi connectivity index (χ4v) is 3.24. The monoisotopic (exact) mass is 377 g/mol. The Morgan fingerprint density at radius 2 is 1.96 bits per heavy atom. The van der Waals surface area contributed by atoms with Gasteiger partial charge in [-0.1, -0.05) is 35.5 Å². The lowest BCUT2D eigenvalue weighted by atomic mass is 10.1. The summed E-state index contributed by atoms with van der Waals surface area (Å²) in [5, 5.41) is 11.6. The predicted molar refractivity (Wildman–Crippen MR) is 105 cm³/mol. The lowest BCUT2D eigenvalue weighted by molar-refractivity contribution is 0.0787. The molecule has 0 spiro atoms. The third-order valence-corrected chi connectivity index (χ3v) is 4.81. The third kappa shape index (κ3) is 5.54. The molecule has 0 radical (unpaired) electrons. The van der Waals surface area contributed by atoms with Gasteiger partial charge in [0, 0.05) is 13.6 Å². The summed E-state index contributed by atoms with van der Waals surface area (Å²) >= 11 is 0. The van der Waals surface area contributed by atoms with Crippen molar-refractivity contribution in [1.29, 1.82) is 0 Å². The molecule has 1 aromatic heterocycles. The van der Waals surface area contributed by atoms with Crippen LogP contribution >= 0.6 is 12.4 Å². The first kappa shape index (κ1) is 20.4. The number of amides is 1. The van der Waals surface area contributed by atoms with Crippen molar-refractivity contribution in [3.63, 3.8) is 0 Å². The minimum Gasteiger partial charge on any atom is -0.340 e. The van der Waals surface area contributed by atoms with Crippen molar-refractivity contribution in [2.24, 2.45) is 0 Å². The molecule has 1 aliphatic heterocycles. The molecule has 2 aromatic rings. The number of hydrogen-bond donors (Lipinski definition) is 1. The average molecular weight is 378 g/mol. The van der Waals surface area contributed by atoms with Gasteiger partial charge < -0.3 is 10.2 Å². The minimum atomic E-state index is -0.0418. The molecule has 3 rings (SSSR count). The van der Waals surface area contributed by atoms with Crippen LogP contribution in [0.2, 0.25) is 0 Å². The topological polar surface area (TPSA) is 63.1 Å². The van der Waals surface area contributed by atoms with Gasteiger partial charge in [0.05, 0.1) is 12.2 Å². The summed E-state index contributed by atoms with van der Waals surface area (Å²) in [6.07, 6.45) is 6.98. The molecule has 1 amide bonds. The molecule has 1 N–H and O–H groups in total. The summed E-state index contributed by atoms with van der Waals surface area (Å²) < 4.78 is 1.86. The molecule has 0 atom stereocenters. The SMILES string of the molecule is CN(CCCCc1ccccc1)C(=O)c1cn(C2CCNCC2)nn1.Cl. The first-order valence-electron chi connectivity index (χ1n) is 9.16. The smallest absolute Gasteiger partial charge is 0.275 e. The number of aryl methyl sites for hydroxylation is 1. The summed E-state index contributed by atoms with van der Waals surface area (Å²) in [7, 11) is 1.84. The van der Waals surface area contributed by atoms with Gasteiger partial charge in [0.1, 0.15) is 0 Å². The number of unbranched alkanes of at least 4 members (excludes halogenated alkanes) is 1. The number of carbonyl (C=O) groups excluding carboxylic acids is 1. The summed E-state index contributed by atoms with van der Waals surface area (Å²) in [6.45, 7) is 2.73. The number of rotatable bonds is 7. The van der Waals surface area contributed by atoms with Crippen molar-refractivity contribution < 1.29 is 4.79 Å². The zero-order valence-electron chi connectivity index (χ0n) is 15.3. The van der Waals surface area contributed by atoms with E-state index in [2.05, 4.69) is 39.9 Å². The Hall–Kier alpha value is -1.92. The molecule has 0 bridgehead atoms. The molecule has 6 nitrogen and oxygen atoms in total. The van der Waals surface area contributed by atoms with Gasteiger partial charge >= 0.3 is 0 Å². The second kappa shape index (κ2) is 10.3. The van der Waals surface area contributed by atoms with E-state index in [4.69, 9.17) is 0 Å². The summed E-state index contributed by atoms with van der Waals surface area (Å²) in [6, 6.07) is 10.8. The average Bonchev–Trinajstić information content (AvgIpc) is 3.16. The molecule has 7 heteroatoms. The van der Waals surface area contributed by atoms with E-state index in [1.165, 1.54) is 5.56 Å². The van der Waals surface area contributed by atoms with E-state index >= 15 is 0 Å². The van der Waals surface area contributed by atoms with Gasteiger partial charge in [-0.25, -0.2) is 4.68 Å². The van der Waals surface area contributed by atoms with Crippen LogP contribution in [-0.4, -0.2) is 52.5 Å². The van der Waals surface area contributed by atoms with Gasteiger partial charge in [0.25, 0.3) is 5.91 Å². The Balaban J connectivity index is 0.00000243. The number of piperidine rings is 1. The van der Waals surface area contributed by atoms with Crippen molar-refractivity contribution in [2.75, 3.05) is 26.7 Å². The third-order valence-electron chi connectivity index (χ3n) is 4.81. The molecule has 1 aromatic carbocycles. The molecular weight excluding hydrogens is 350 g/mol. The van der Waals surface area contributed by atoms with Crippen LogP contribution in [0.4, 0.5) is 0 Å². The summed E-state index contributed by atoms with van der Waals surface area (Å²) in [5.41, 5.74) is 1.80. The Bertz CT molecular complexity index is 670. The second-order valence-electron chi connectivity index (χ2n) is 6.73. The molecule has 0 aliphatic carbocycles. The molecule has 0 unspecified atom stereocenters. The van der Waals surface area contributed by atoms with E-state index in [0.29, 0.717) is 11.7 Å². The van der Waals surface area contributed by atoms with Crippen LogP contribution < -0.4 is 5.32 Å². The zero-order valence-corrected chi connectivity index (χ0v) is 16.1. The molecule has 26 heavy (non-hydrogen) atoms. The van der Waals surface area contributed by atoms with Gasteiger partial charge in [0.2, 0.25) is 0 Å². The first-order chi connectivity index (χ1) is 12.2. The van der Waals surface area contributed by atoms with Crippen LogP contribution in [0.5, 0.6) is 0 Å². The lowest BCUT2D eigenvalue weighted by Crippen LogP contribution is -2.30. The van der Waals surface area contributed by atoms with Crippen LogP contribution in [0.25, 0.3) is 0 Å². The summed E-state index contributed by atoms with van der Waals surface area (Å²) in [5.74, 6) is -0.0418. The van der Waals surface area contributed by atoms with Crippen LogP contribution in [-0.2, 0) is 6.42 Å². The maximum Gasteiger partial charge on any atom is 0.275 e. The van der Waals surface area contributed by atoms with E-state index in [9.17, 15) is 4.79 Å². The van der Waals surface area contributed by atoms with E-state index in [0.717, 1.165) is 51.7 Å². The van der Waals surface area contributed by atoms with Gasteiger partial charge in [-0.3, -0.25) is 4.79 Å². The maximum absolute atomic E-state index is 12.5. The zero-order chi connectivity index (χ0) is 17.5. The number of nitrogens with zero attached hydrogens (tertiary/aromatic N) is 4. The van der Waals surface area contributed by atoms with Crippen molar-refractivity contribution >= 4 is 18.3 Å². The minimum absolute atomic E-state index is 0. The standard InChI is InChI=1S/C19H27N5O.ClH/c1-23(14-6-5-9-16-7-3-2-4-8-16)19(25)18-15-24(22-21-18)17-10-12-20-13-11-17;/h2-4,7-8,15,17,20H,5-6,9-14H2,1H3;1H. The summed E-state index contributed by atoms with van der Waals surface area (Å²) in [4.78, 5) is 14.3. The molecule has 1 aliphatic rings. The normalized spacial score (nSPS) is 14.7. The molecule has 1 fully saturated rings. The maximum atomic E-state index is 12.5. The number of carbonyl (C=O) groups is 1. The number of hydrogen-bond acceptors (Lipinski definition) is 4. The van der Waals surface area contributed by atoms with Gasteiger partial charge in [-0.15, -0.1) is 17.5 Å². The van der Waals surface area contributed by atoms with Gasteiger partial charge in [0.15, 0.2) is 5.69 Å². The lowest BCUT2D eigenvalue weighted by Gasteiger charge is -2.22. The second-order valence-corrected chi connectivity index (χ2v) is 6.73. The van der Waals surface area contributed by atoms with Crippen molar-refractivity contribution in [1.82, 2.24) is 25.2 Å². The fraction of sp³-hybridized carbons (Fsp3) is 0.526. The van der Waals surface area contributed by atoms with Gasteiger partial charge in [-0.2, -0.15) is 0 Å². The molecule has 142 valence electrons. The fourth-order valence-electron chi connectivity index (χ4n) is 3.24. The van der Waals surface area contributed by atoms with Gasteiger partial charge in [-0.05, 0) is 50.8 Å². The van der Waals surface area contributed by atoms with E-state index in [1.807, 2.05) is 17.8 Å².